The molecular formula is C13H21N3O. The molecule has 17 heavy (non-hydrogen) atoms. The number of nitrogens with two attached hydrogens (primary N) is 1. The average molecular weight is 235 g/mol. The summed E-state index contributed by atoms with van der Waals surface area (Å²) in [6.07, 6.45) is 2.84. The monoisotopic (exact) mass is 235 g/mol. The molecule has 1 aliphatic rings. The van der Waals surface area contributed by atoms with Crippen LogP contribution in [0.5, 0.6) is 0 Å². The highest BCUT2D eigenvalue weighted by Crippen LogP contribution is 2.20. The molecule has 0 spiro atoms. The van der Waals surface area contributed by atoms with Crippen molar-refractivity contribution >= 4 is 5.69 Å². The van der Waals surface area contributed by atoms with Gasteiger partial charge in [-0.05, 0) is 25.5 Å². The SMILES string of the molecule is CC[C@H](N)c1ccc(N2CCOCC2C)cn1. The summed E-state index contributed by atoms with van der Waals surface area (Å²) in [5, 5.41) is 0. The maximum atomic E-state index is 5.95. The lowest BCUT2D eigenvalue weighted by Crippen LogP contribution is -2.43. The molecule has 2 heterocycles. The summed E-state index contributed by atoms with van der Waals surface area (Å²) >= 11 is 0. The van der Waals surface area contributed by atoms with Crippen molar-refractivity contribution in [1.29, 1.82) is 0 Å². The molecule has 4 nitrogen and oxygen atoms in total. The van der Waals surface area contributed by atoms with E-state index in [-0.39, 0.29) is 6.04 Å². The lowest BCUT2D eigenvalue weighted by molar-refractivity contribution is 0.0989. The summed E-state index contributed by atoms with van der Waals surface area (Å²) in [6.45, 7) is 6.76. The Kier molecular flexibility index (Phi) is 3.97. The summed E-state index contributed by atoms with van der Waals surface area (Å²) in [5.74, 6) is 0. The lowest BCUT2D eigenvalue weighted by atomic mass is 10.1. The number of anilines is 1. The van der Waals surface area contributed by atoms with E-state index in [1.54, 1.807) is 0 Å². The first-order valence-electron chi connectivity index (χ1n) is 6.28. The van der Waals surface area contributed by atoms with Crippen molar-refractivity contribution < 1.29 is 4.74 Å². The summed E-state index contributed by atoms with van der Waals surface area (Å²) in [5.41, 5.74) is 8.08. The first kappa shape index (κ1) is 12.3. The Bertz CT molecular complexity index is 352. The fourth-order valence-electron chi connectivity index (χ4n) is 2.11. The second kappa shape index (κ2) is 5.47. The molecule has 0 aliphatic carbocycles. The van der Waals surface area contributed by atoms with E-state index < -0.39 is 0 Å². The maximum Gasteiger partial charge on any atom is 0.0668 e. The number of morpholine rings is 1. The predicted octanol–water partition coefficient (Wildman–Crippen LogP) is 1.72. The Morgan fingerprint density at radius 1 is 1.59 bits per heavy atom. The van der Waals surface area contributed by atoms with Gasteiger partial charge in [-0.15, -0.1) is 0 Å². The van der Waals surface area contributed by atoms with Crippen molar-refractivity contribution in [1.82, 2.24) is 4.98 Å². The molecule has 2 rings (SSSR count). The number of hydrogen-bond donors (Lipinski definition) is 1. The number of aromatic nitrogens is 1. The van der Waals surface area contributed by atoms with E-state index in [1.807, 2.05) is 12.3 Å². The van der Waals surface area contributed by atoms with Crippen LogP contribution in [0.4, 0.5) is 5.69 Å². The van der Waals surface area contributed by atoms with Crippen LogP contribution in [0.2, 0.25) is 0 Å². The number of ether oxygens (including phenoxy) is 1. The molecule has 4 heteroatoms. The maximum absolute atomic E-state index is 5.95. The number of rotatable bonds is 3. The van der Waals surface area contributed by atoms with E-state index in [0.717, 1.165) is 37.6 Å². The van der Waals surface area contributed by atoms with Crippen LogP contribution in [-0.2, 0) is 4.74 Å². The highest BCUT2D eigenvalue weighted by molar-refractivity contribution is 5.46. The fourth-order valence-corrected chi connectivity index (χ4v) is 2.11. The van der Waals surface area contributed by atoms with Crippen LogP contribution in [0.25, 0.3) is 0 Å². The predicted molar refractivity (Wildman–Crippen MR) is 69.1 cm³/mol. The van der Waals surface area contributed by atoms with E-state index in [9.17, 15) is 0 Å². The number of hydrogen-bond acceptors (Lipinski definition) is 4. The zero-order chi connectivity index (χ0) is 12.3. The van der Waals surface area contributed by atoms with E-state index in [4.69, 9.17) is 10.5 Å². The molecule has 1 saturated heterocycles. The average Bonchev–Trinajstić information content (AvgIpc) is 2.39. The summed E-state index contributed by atoms with van der Waals surface area (Å²) in [6, 6.07) is 4.60. The number of pyridine rings is 1. The van der Waals surface area contributed by atoms with E-state index in [1.165, 1.54) is 0 Å². The Hall–Kier alpha value is -1.13. The number of nitrogens with zero attached hydrogens (tertiary/aromatic N) is 2. The van der Waals surface area contributed by atoms with E-state index >= 15 is 0 Å². The molecule has 1 aliphatic heterocycles. The Labute approximate surface area is 103 Å². The summed E-state index contributed by atoms with van der Waals surface area (Å²) in [4.78, 5) is 6.78. The molecule has 0 amide bonds. The van der Waals surface area contributed by atoms with Crippen molar-refractivity contribution in [3.63, 3.8) is 0 Å². The fraction of sp³-hybridized carbons (Fsp3) is 0.615. The molecule has 0 aromatic carbocycles. The third kappa shape index (κ3) is 2.76. The smallest absolute Gasteiger partial charge is 0.0668 e. The summed E-state index contributed by atoms with van der Waals surface area (Å²) in [7, 11) is 0. The van der Waals surface area contributed by atoms with Crippen molar-refractivity contribution in [2.75, 3.05) is 24.7 Å². The molecule has 1 aromatic heterocycles. The van der Waals surface area contributed by atoms with Gasteiger partial charge < -0.3 is 15.4 Å². The van der Waals surface area contributed by atoms with Crippen LogP contribution in [-0.4, -0.2) is 30.8 Å². The topological polar surface area (TPSA) is 51.4 Å². The van der Waals surface area contributed by atoms with Crippen LogP contribution in [0.15, 0.2) is 18.3 Å². The van der Waals surface area contributed by atoms with Gasteiger partial charge in [0.1, 0.15) is 0 Å². The third-order valence-electron chi connectivity index (χ3n) is 3.29. The van der Waals surface area contributed by atoms with Crippen LogP contribution in [0.1, 0.15) is 32.0 Å². The van der Waals surface area contributed by atoms with Gasteiger partial charge in [-0.25, -0.2) is 0 Å². The van der Waals surface area contributed by atoms with Crippen LogP contribution >= 0.6 is 0 Å². The Morgan fingerprint density at radius 2 is 2.41 bits per heavy atom. The third-order valence-corrected chi connectivity index (χ3v) is 3.29. The lowest BCUT2D eigenvalue weighted by Gasteiger charge is -2.35. The summed E-state index contributed by atoms with van der Waals surface area (Å²) < 4.78 is 5.43. The first-order chi connectivity index (χ1) is 8.22. The largest absolute Gasteiger partial charge is 0.377 e. The highest BCUT2D eigenvalue weighted by atomic mass is 16.5. The van der Waals surface area contributed by atoms with Crippen molar-refractivity contribution in [3.8, 4) is 0 Å². The van der Waals surface area contributed by atoms with Gasteiger partial charge in [0, 0.05) is 18.6 Å². The minimum absolute atomic E-state index is 0.0474. The van der Waals surface area contributed by atoms with Gasteiger partial charge in [-0.1, -0.05) is 6.92 Å². The molecule has 1 fully saturated rings. The van der Waals surface area contributed by atoms with Crippen LogP contribution in [0, 0.1) is 0 Å². The molecule has 1 unspecified atom stereocenters. The molecule has 94 valence electrons. The van der Waals surface area contributed by atoms with Crippen LogP contribution in [0.3, 0.4) is 0 Å². The molecule has 2 atom stereocenters. The van der Waals surface area contributed by atoms with E-state index in [2.05, 4.69) is 29.8 Å². The first-order valence-corrected chi connectivity index (χ1v) is 6.28. The van der Waals surface area contributed by atoms with Gasteiger partial charge in [-0.2, -0.15) is 0 Å². The quantitative estimate of drug-likeness (QED) is 0.866. The van der Waals surface area contributed by atoms with Crippen molar-refractivity contribution in [3.05, 3.63) is 24.0 Å². The molecule has 0 saturated carbocycles. The minimum atomic E-state index is 0.0474. The second-order valence-corrected chi connectivity index (χ2v) is 4.57. The normalized spacial score (nSPS) is 22.5. The standard InChI is InChI=1S/C13H21N3O/c1-3-12(14)13-5-4-11(8-15-13)16-6-7-17-9-10(16)2/h4-5,8,10,12H,3,6-7,9,14H2,1-2H3/t10?,12-/m0/s1. The van der Waals surface area contributed by atoms with Gasteiger partial charge in [0.05, 0.1) is 30.8 Å². The van der Waals surface area contributed by atoms with Gasteiger partial charge in [-0.3, -0.25) is 4.98 Å². The molecule has 2 N–H and O–H groups in total. The Morgan fingerprint density at radius 3 is 3.00 bits per heavy atom. The second-order valence-electron chi connectivity index (χ2n) is 4.57. The zero-order valence-corrected chi connectivity index (χ0v) is 10.6. The molecular weight excluding hydrogens is 214 g/mol. The minimum Gasteiger partial charge on any atom is -0.377 e. The Balaban J connectivity index is 2.11. The van der Waals surface area contributed by atoms with Gasteiger partial charge in [0.2, 0.25) is 0 Å². The van der Waals surface area contributed by atoms with Gasteiger partial charge in [0.25, 0.3) is 0 Å². The van der Waals surface area contributed by atoms with Gasteiger partial charge in [0.15, 0.2) is 0 Å². The van der Waals surface area contributed by atoms with E-state index in [0.29, 0.717) is 6.04 Å². The molecule has 1 aromatic rings. The molecule has 0 bridgehead atoms. The van der Waals surface area contributed by atoms with Crippen molar-refractivity contribution in [2.45, 2.75) is 32.4 Å². The van der Waals surface area contributed by atoms with Crippen molar-refractivity contribution in [2.24, 2.45) is 5.73 Å². The zero-order valence-electron chi connectivity index (χ0n) is 10.6. The van der Waals surface area contributed by atoms with Crippen LogP contribution < -0.4 is 10.6 Å². The highest BCUT2D eigenvalue weighted by Gasteiger charge is 2.19. The van der Waals surface area contributed by atoms with Gasteiger partial charge >= 0.3 is 0 Å². The molecule has 0 radical (unpaired) electrons.